The molecule has 0 saturated carbocycles. The molecule has 0 atom stereocenters. The molecule has 122 valence electrons. The summed E-state index contributed by atoms with van der Waals surface area (Å²) >= 11 is 1.27. The van der Waals surface area contributed by atoms with Crippen molar-refractivity contribution in [1.82, 2.24) is 20.0 Å². The molecule has 0 aliphatic rings. The molecule has 2 aromatic heterocycles. The maximum Gasteiger partial charge on any atom is 0.446 e. The van der Waals surface area contributed by atoms with E-state index in [0.29, 0.717) is 17.3 Å². The molecular formula is C13H9FN6O3S. The standard InChI is InChI=1S/C13H9FN6O3S/c14-9-2-1-8(5-7(9)6-16)20-11(18-22-13(20)21)10-12(19-23-17-10)24-4-3-15/h1-2,5H,3-4,15H2. The third kappa shape index (κ3) is 2.80. The van der Waals surface area contributed by atoms with Crippen LogP contribution in [0.3, 0.4) is 0 Å². The summed E-state index contributed by atoms with van der Waals surface area (Å²) in [5.41, 5.74) is 5.61. The molecule has 0 radical (unpaired) electrons. The summed E-state index contributed by atoms with van der Waals surface area (Å²) in [4.78, 5) is 12.0. The first-order valence-electron chi connectivity index (χ1n) is 6.60. The lowest BCUT2D eigenvalue weighted by molar-refractivity contribution is 0.299. The molecule has 0 fully saturated rings. The van der Waals surface area contributed by atoms with E-state index in [4.69, 9.17) is 15.6 Å². The van der Waals surface area contributed by atoms with Gasteiger partial charge in [-0.3, -0.25) is 4.52 Å². The third-order valence-corrected chi connectivity index (χ3v) is 3.94. The van der Waals surface area contributed by atoms with Crippen LogP contribution in [0, 0.1) is 17.1 Å². The number of hydrogen-bond donors (Lipinski definition) is 1. The first kappa shape index (κ1) is 15.9. The van der Waals surface area contributed by atoms with Gasteiger partial charge >= 0.3 is 5.76 Å². The molecule has 2 heterocycles. The van der Waals surface area contributed by atoms with E-state index in [1.165, 1.54) is 23.9 Å². The van der Waals surface area contributed by atoms with Crippen molar-refractivity contribution >= 4 is 11.8 Å². The van der Waals surface area contributed by atoms with Gasteiger partial charge in [-0.25, -0.2) is 18.4 Å². The van der Waals surface area contributed by atoms with Gasteiger partial charge in [0.2, 0.25) is 5.82 Å². The first-order valence-corrected chi connectivity index (χ1v) is 7.58. The van der Waals surface area contributed by atoms with Crippen molar-refractivity contribution in [3.63, 3.8) is 0 Å². The van der Waals surface area contributed by atoms with Crippen molar-refractivity contribution < 1.29 is 13.5 Å². The summed E-state index contributed by atoms with van der Waals surface area (Å²) < 4.78 is 23.9. The molecule has 0 unspecified atom stereocenters. The smallest absolute Gasteiger partial charge is 0.330 e. The fourth-order valence-corrected chi connectivity index (χ4v) is 2.60. The minimum Gasteiger partial charge on any atom is -0.330 e. The predicted octanol–water partition coefficient (Wildman–Crippen LogP) is 0.937. The van der Waals surface area contributed by atoms with Crippen molar-refractivity contribution in [2.45, 2.75) is 5.03 Å². The fraction of sp³-hybridized carbons (Fsp3) is 0.154. The summed E-state index contributed by atoms with van der Waals surface area (Å²) in [5, 5.41) is 20.5. The van der Waals surface area contributed by atoms with Crippen molar-refractivity contribution in [1.29, 1.82) is 5.26 Å². The molecule has 0 aliphatic heterocycles. The van der Waals surface area contributed by atoms with Gasteiger partial charge in [-0.2, -0.15) is 5.26 Å². The highest BCUT2D eigenvalue weighted by atomic mass is 32.2. The van der Waals surface area contributed by atoms with Crippen LogP contribution in [0.4, 0.5) is 4.39 Å². The topological polar surface area (TPSA) is 137 Å². The Labute approximate surface area is 137 Å². The van der Waals surface area contributed by atoms with Crippen LogP contribution < -0.4 is 11.5 Å². The largest absolute Gasteiger partial charge is 0.446 e. The maximum atomic E-state index is 13.5. The number of hydrogen-bond acceptors (Lipinski definition) is 9. The molecule has 0 spiro atoms. The van der Waals surface area contributed by atoms with Crippen LogP contribution in [-0.4, -0.2) is 32.3 Å². The van der Waals surface area contributed by atoms with Gasteiger partial charge in [0.15, 0.2) is 10.7 Å². The van der Waals surface area contributed by atoms with Gasteiger partial charge in [0.05, 0.1) is 11.3 Å². The number of halogens is 1. The number of thioether (sulfide) groups is 1. The molecule has 0 aliphatic carbocycles. The van der Waals surface area contributed by atoms with Gasteiger partial charge in [-0.05, 0) is 28.5 Å². The van der Waals surface area contributed by atoms with Crippen LogP contribution in [-0.2, 0) is 0 Å². The van der Waals surface area contributed by atoms with E-state index in [0.717, 1.165) is 10.6 Å². The molecule has 0 bridgehead atoms. The molecule has 0 saturated heterocycles. The third-order valence-electron chi connectivity index (χ3n) is 2.96. The Balaban J connectivity index is 2.13. The second-order valence-electron chi connectivity index (χ2n) is 4.44. The van der Waals surface area contributed by atoms with Crippen LogP contribution in [0.15, 0.2) is 37.2 Å². The lowest BCUT2D eigenvalue weighted by Crippen LogP contribution is -2.14. The first-order chi connectivity index (χ1) is 11.7. The summed E-state index contributed by atoms with van der Waals surface area (Å²) in [6.45, 7) is 0.409. The zero-order chi connectivity index (χ0) is 17.1. The molecule has 3 rings (SSSR count). The van der Waals surface area contributed by atoms with E-state index >= 15 is 0 Å². The average Bonchev–Trinajstić information content (AvgIpc) is 3.19. The number of aromatic nitrogens is 4. The highest BCUT2D eigenvalue weighted by molar-refractivity contribution is 7.99. The van der Waals surface area contributed by atoms with Crippen LogP contribution >= 0.6 is 11.8 Å². The van der Waals surface area contributed by atoms with Crippen molar-refractivity contribution in [2.24, 2.45) is 5.73 Å². The molecule has 3 aromatic rings. The minimum atomic E-state index is -0.821. The Hall–Kier alpha value is -2.97. The van der Waals surface area contributed by atoms with E-state index < -0.39 is 11.6 Å². The van der Waals surface area contributed by atoms with Crippen molar-refractivity contribution in [3.05, 3.63) is 40.1 Å². The SMILES string of the molecule is N#Cc1cc(-n2c(-c3nonc3SCCN)noc2=O)ccc1F. The van der Waals surface area contributed by atoms with Gasteiger partial charge in [-0.1, -0.05) is 16.9 Å². The quantitative estimate of drug-likeness (QED) is 0.667. The van der Waals surface area contributed by atoms with Crippen molar-refractivity contribution in [3.8, 4) is 23.3 Å². The normalized spacial score (nSPS) is 10.7. The molecule has 9 nitrogen and oxygen atoms in total. The molecular weight excluding hydrogens is 339 g/mol. The maximum absolute atomic E-state index is 13.5. The Morgan fingerprint density at radius 1 is 1.38 bits per heavy atom. The highest BCUT2D eigenvalue weighted by Crippen LogP contribution is 2.27. The summed E-state index contributed by atoms with van der Waals surface area (Å²) in [5.74, 6) is -0.942. The number of nitrogens with zero attached hydrogens (tertiary/aromatic N) is 5. The highest BCUT2D eigenvalue weighted by Gasteiger charge is 2.23. The van der Waals surface area contributed by atoms with E-state index in [2.05, 4.69) is 20.0 Å². The van der Waals surface area contributed by atoms with E-state index in [-0.39, 0.29) is 22.8 Å². The van der Waals surface area contributed by atoms with Gasteiger partial charge in [-0.15, -0.1) is 0 Å². The molecule has 0 amide bonds. The summed E-state index contributed by atoms with van der Waals surface area (Å²) in [6, 6.07) is 5.30. The lowest BCUT2D eigenvalue weighted by Gasteiger charge is -2.04. The zero-order valence-electron chi connectivity index (χ0n) is 12.0. The molecule has 11 heteroatoms. The fourth-order valence-electron chi connectivity index (χ4n) is 1.93. The molecule has 1 aromatic carbocycles. The molecule has 2 N–H and O–H groups in total. The number of rotatable bonds is 5. The minimum absolute atomic E-state index is 0.0243. The van der Waals surface area contributed by atoms with Crippen LogP contribution in [0.1, 0.15) is 5.56 Å². The van der Waals surface area contributed by atoms with Gasteiger partial charge in [0.1, 0.15) is 11.9 Å². The lowest BCUT2D eigenvalue weighted by atomic mass is 10.2. The summed E-state index contributed by atoms with van der Waals surface area (Å²) in [7, 11) is 0. The van der Waals surface area contributed by atoms with E-state index in [9.17, 15) is 9.18 Å². The Kier molecular flexibility index (Phi) is 4.41. The monoisotopic (exact) mass is 348 g/mol. The van der Waals surface area contributed by atoms with Gasteiger partial charge < -0.3 is 5.73 Å². The second-order valence-corrected chi connectivity index (χ2v) is 5.52. The Morgan fingerprint density at radius 3 is 2.96 bits per heavy atom. The molecule has 24 heavy (non-hydrogen) atoms. The van der Waals surface area contributed by atoms with Gasteiger partial charge in [0.25, 0.3) is 0 Å². The number of benzene rings is 1. The number of nitriles is 1. The Bertz CT molecular complexity index is 973. The van der Waals surface area contributed by atoms with Crippen LogP contribution in [0.5, 0.6) is 0 Å². The van der Waals surface area contributed by atoms with Gasteiger partial charge in [0, 0.05) is 12.3 Å². The second kappa shape index (κ2) is 6.65. The predicted molar refractivity (Wildman–Crippen MR) is 79.8 cm³/mol. The summed E-state index contributed by atoms with van der Waals surface area (Å²) in [6.07, 6.45) is 0. The van der Waals surface area contributed by atoms with Crippen LogP contribution in [0.2, 0.25) is 0 Å². The van der Waals surface area contributed by atoms with E-state index in [1.807, 2.05) is 0 Å². The van der Waals surface area contributed by atoms with Crippen LogP contribution in [0.25, 0.3) is 17.2 Å². The van der Waals surface area contributed by atoms with E-state index in [1.54, 1.807) is 6.07 Å². The van der Waals surface area contributed by atoms with Crippen molar-refractivity contribution in [2.75, 3.05) is 12.3 Å². The number of nitrogens with two attached hydrogens (primary N) is 1. The zero-order valence-corrected chi connectivity index (χ0v) is 12.8. The Morgan fingerprint density at radius 2 is 2.21 bits per heavy atom. The average molecular weight is 348 g/mol.